The van der Waals surface area contributed by atoms with Crippen LogP contribution in [0, 0.1) is 11.3 Å². The highest BCUT2D eigenvalue weighted by Gasteiger charge is 2.33. The van der Waals surface area contributed by atoms with E-state index >= 15 is 0 Å². The lowest BCUT2D eigenvalue weighted by Crippen LogP contribution is -2.08. The summed E-state index contributed by atoms with van der Waals surface area (Å²) in [6.45, 7) is 0. The quantitative estimate of drug-likeness (QED) is 0.827. The van der Waals surface area contributed by atoms with E-state index in [1.165, 1.54) is 18.2 Å². The van der Waals surface area contributed by atoms with E-state index in [0.717, 1.165) is 6.07 Å². The van der Waals surface area contributed by atoms with Crippen LogP contribution in [0.5, 0.6) is 0 Å². The molecule has 0 amide bonds. The largest absolute Gasteiger partial charge is 0.418 e. The molecule has 0 atom stereocenters. The fourth-order valence-electron chi connectivity index (χ4n) is 1.70. The molecular formula is C14H8BrF3N2. The summed E-state index contributed by atoms with van der Waals surface area (Å²) in [5.41, 5.74) is -0.269. The Hall–Kier alpha value is -2.00. The Morgan fingerprint density at radius 2 is 1.75 bits per heavy atom. The number of alkyl halides is 3. The first-order valence-electron chi connectivity index (χ1n) is 5.54. The molecule has 2 aromatic rings. The third-order valence-corrected chi connectivity index (χ3v) is 3.10. The second-order valence-corrected chi connectivity index (χ2v) is 4.89. The van der Waals surface area contributed by atoms with Crippen molar-refractivity contribution < 1.29 is 13.2 Å². The molecule has 20 heavy (non-hydrogen) atoms. The highest BCUT2D eigenvalue weighted by Crippen LogP contribution is 2.36. The molecule has 6 heteroatoms. The van der Waals surface area contributed by atoms with Crippen molar-refractivity contribution in [2.75, 3.05) is 5.32 Å². The van der Waals surface area contributed by atoms with Crippen molar-refractivity contribution in [3.63, 3.8) is 0 Å². The van der Waals surface area contributed by atoms with Crippen LogP contribution in [0.15, 0.2) is 46.9 Å². The van der Waals surface area contributed by atoms with Crippen molar-refractivity contribution in [1.82, 2.24) is 0 Å². The Morgan fingerprint density at radius 1 is 1.05 bits per heavy atom. The van der Waals surface area contributed by atoms with Gasteiger partial charge in [-0.1, -0.05) is 28.1 Å². The normalized spacial score (nSPS) is 10.9. The maximum absolute atomic E-state index is 12.9. The summed E-state index contributed by atoms with van der Waals surface area (Å²) in [5, 5.41) is 11.7. The van der Waals surface area contributed by atoms with Gasteiger partial charge < -0.3 is 5.32 Å². The highest BCUT2D eigenvalue weighted by atomic mass is 79.9. The Labute approximate surface area is 122 Å². The Balaban J connectivity index is 2.44. The van der Waals surface area contributed by atoms with Crippen molar-refractivity contribution in [2.45, 2.75) is 6.18 Å². The number of nitrogens with zero attached hydrogens (tertiary/aromatic N) is 1. The molecule has 102 valence electrons. The number of anilines is 2. The van der Waals surface area contributed by atoms with Gasteiger partial charge in [0.1, 0.15) is 6.07 Å². The standard InChI is InChI=1S/C14H8BrF3N2/c15-10-5-6-12(9(7-10)8-19)20-13-4-2-1-3-11(13)14(16,17)18/h1-7,20H. The summed E-state index contributed by atoms with van der Waals surface area (Å²) < 4.78 is 39.3. The number of benzene rings is 2. The number of para-hydroxylation sites is 1. The van der Waals surface area contributed by atoms with Crippen molar-refractivity contribution in [1.29, 1.82) is 5.26 Å². The topological polar surface area (TPSA) is 35.8 Å². The summed E-state index contributed by atoms with van der Waals surface area (Å²) in [5.74, 6) is 0. The maximum atomic E-state index is 12.9. The molecule has 1 N–H and O–H groups in total. The molecule has 2 rings (SSSR count). The van der Waals surface area contributed by atoms with Gasteiger partial charge in [0.25, 0.3) is 0 Å². The van der Waals surface area contributed by atoms with E-state index in [1.54, 1.807) is 18.2 Å². The molecule has 0 heterocycles. The number of halogens is 4. The van der Waals surface area contributed by atoms with Gasteiger partial charge in [0.15, 0.2) is 0 Å². The smallest absolute Gasteiger partial charge is 0.354 e. The van der Waals surface area contributed by atoms with Crippen LogP contribution in [0.25, 0.3) is 0 Å². The van der Waals surface area contributed by atoms with Crippen LogP contribution in [0.3, 0.4) is 0 Å². The molecule has 2 aromatic carbocycles. The number of hydrogen-bond donors (Lipinski definition) is 1. The third-order valence-electron chi connectivity index (χ3n) is 2.60. The lowest BCUT2D eigenvalue weighted by Gasteiger charge is -2.15. The van der Waals surface area contributed by atoms with E-state index in [4.69, 9.17) is 5.26 Å². The van der Waals surface area contributed by atoms with E-state index in [2.05, 4.69) is 21.2 Å². The van der Waals surface area contributed by atoms with Crippen LogP contribution in [-0.2, 0) is 6.18 Å². The zero-order chi connectivity index (χ0) is 14.8. The van der Waals surface area contributed by atoms with Gasteiger partial charge in [0.2, 0.25) is 0 Å². The second-order valence-electron chi connectivity index (χ2n) is 3.97. The summed E-state index contributed by atoms with van der Waals surface area (Å²) >= 11 is 3.21. The zero-order valence-corrected chi connectivity index (χ0v) is 11.6. The van der Waals surface area contributed by atoms with Crippen LogP contribution >= 0.6 is 15.9 Å². The van der Waals surface area contributed by atoms with Crippen LogP contribution < -0.4 is 5.32 Å². The average Bonchev–Trinajstić information content (AvgIpc) is 2.40. The van der Waals surface area contributed by atoms with Gasteiger partial charge in [-0.15, -0.1) is 0 Å². The Morgan fingerprint density at radius 3 is 2.40 bits per heavy atom. The van der Waals surface area contributed by atoms with E-state index in [1.807, 2.05) is 6.07 Å². The lowest BCUT2D eigenvalue weighted by molar-refractivity contribution is -0.136. The van der Waals surface area contributed by atoms with Crippen LogP contribution in [0.1, 0.15) is 11.1 Å². The molecule has 0 saturated carbocycles. The zero-order valence-electron chi connectivity index (χ0n) is 10.0. The van der Waals surface area contributed by atoms with Crippen molar-refractivity contribution >= 4 is 27.3 Å². The first-order chi connectivity index (χ1) is 9.41. The molecule has 0 aliphatic carbocycles. The molecule has 0 saturated heterocycles. The van der Waals surface area contributed by atoms with Gasteiger partial charge in [-0.3, -0.25) is 0 Å². The predicted octanol–water partition coefficient (Wildman–Crippen LogP) is 5.08. The molecule has 0 fully saturated rings. The van der Waals surface area contributed by atoms with Crippen LogP contribution in [0.4, 0.5) is 24.5 Å². The Bertz CT molecular complexity index is 675. The number of nitriles is 1. The second kappa shape index (κ2) is 5.55. The van der Waals surface area contributed by atoms with Crippen molar-refractivity contribution in [3.8, 4) is 6.07 Å². The van der Waals surface area contributed by atoms with Crippen LogP contribution in [0.2, 0.25) is 0 Å². The van der Waals surface area contributed by atoms with Gasteiger partial charge in [-0.2, -0.15) is 18.4 Å². The Kier molecular flexibility index (Phi) is 4.00. The molecule has 0 spiro atoms. The molecule has 0 aromatic heterocycles. The number of hydrogen-bond acceptors (Lipinski definition) is 2. The molecule has 0 aliphatic heterocycles. The van der Waals surface area contributed by atoms with Gasteiger partial charge in [-0.25, -0.2) is 0 Å². The molecule has 0 unspecified atom stereocenters. The predicted molar refractivity (Wildman–Crippen MR) is 73.6 cm³/mol. The van der Waals surface area contributed by atoms with Gasteiger partial charge in [-0.05, 0) is 30.3 Å². The summed E-state index contributed by atoms with van der Waals surface area (Å²) in [6, 6.07) is 11.8. The van der Waals surface area contributed by atoms with Gasteiger partial charge in [0, 0.05) is 4.47 Å². The van der Waals surface area contributed by atoms with E-state index < -0.39 is 11.7 Å². The molecule has 0 radical (unpaired) electrons. The minimum absolute atomic E-state index is 0.0844. The third kappa shape index (κ3) is 3.11. The summed E-state index contributed by atoms with van der Waals surface area (Å²) in [6.07, 6.45) is -4.45. The summed E-state index contributed by atoms with van der Waals surface area (Å²) in [4.78, 5) is 0. The SMILES string of the molecule is N#Cc1cc(Br)ccc1Nc1ccccc1C(F)(F)F. The van der Waals surface area contributed by atoms with Gasteiger partial charge >= 0.3 is 6.18 Å². The van der Waals surface area contributed by atoms with Gasteiger partial charge in [0.05, 0.1) is 22.5 Å². The molecule has 0 bridgehead atoms. The van der Waals surface area contributed by atoms with Crippen molar-refractivity contribution in [3.05, 3.63) is 58.1 Å². The minimum atomic E-state index is -4.45. The summed E-state index contributed by atoms with van der Waals surface area (Å²) in [7, 11) is 0. The van der Waals surface area contributed by atoms with Crippen LogP contribution in [-0.4, -0.2) is 0 Å². The molecule has 2 nitrogen and oxygen atoms in total. The first kappa shape index (κ1) is 14.4. The van der Waals surface area contributed by atoms with E-state index in [9.17, 15) is 13.2 Å². The fraction of sp³-hybridized carbons (Fsp3) is 0.0714. The molecular weight excluding hydrogens is 333 g/mol. The monoisotopic (exact) mass is 340 g/mol. The van der Waals surface area contributed by atoms with E-state index in [0.29, 0.717) is 10.2 Å². The number of nitrogens with one attached hydrogen (secondary N) is 1. The number of rotatable bonds is 2. The lowest BCUT2D eigenvalue weighted by atomic mass is 10.1. The highest BCUT2D eigenvalue weighted by molar-refractivity contribution is 9.10. The minimum Gasteiger partial charge on any atom is -0.354 e. The maximum Gasteiger partial charge on any atom is 0.418 e. The average molecular weight is 341 g/mol. The molecule has 0 aliphatic rings. The van der Waals surface area contributed by atoms with Crippen molar-refractivity contribution in [2.24, 2.45) is 0 Å². The first-order valence-corrected chi connectivity index (χ1v) is 6.34. The fourth-order valence-corrected chi connectivity index (χ4v) is 2.06. The van der Waals surface area contributed by atoms with E-state index in [-0.39, 0.29) is 11.3 Å².